The Bertz CT molecular complexity index is 1460. The molecule has 14 heteroatoms. The number of carbonyl (C=O) groups is 5. The summed E-state index contributed by atoms with van der Waals surface area (Å²) in [5, 5.41) is 0. The quantitative estimate of drug-likeness (QED) is 0.0956. The highest BCUT2D eigenvalue weighted by molar-refractivity contribution is 6.76. The number of barbiturate groups is 1. The maximum atomic E-state index is 14.0. The van der Waals surface area contributed by atoms with Crippen LogP contribution in [0.4, 0.5) is 9.59 Å². The van der Waals surface area contributed by atoms with Gasteiger partial charge >= 0.3 is 12.1 Å². The topological polar surface area (TPSA) is 169 Å². The lowest BCUT2D eigenvalue weighted by Gasteiger charge is -2.49. The second kappa shape index (κ2) is 14.6. The number of rotatable bonds is 14. The Morgan fingerprint density at radius 1 is 0.918 bits per heavy atom. The van der Waals surface area contributed by atoms with Crippen molar-refractivity contribution in [2.45, 2.75) is 114 Å². The zero-order valence-electron chi connectivity index (χ0n) is 29.4. The molecular formula is C35H52N6O7Si. The van der Waals surface area contributed by atoms with Crippen LogP contribution in [0.15, 0.2) is 41.7 Å². The minimum atomic E-state index is -1.35. The van der Waals surface area contributed by atoms with Crippen LogP contribution in [0.1, 0.15) is 70.3 Å². The molecule has 268 valence electrons. The third-order valence-corrected chi connectivity index (χ3v) is 12.1. The van der Waals surface area contributed by atoms with Gasteiger partial charge in [0.1, 0.15) is 23.7 Å². The second-order valence-electron chi connectivity index (χ2n) is 15.1. The summed E-state index contributed by atoms with van der Waals surface area (Å²) in [6.07, 6.45) is 4.86. The van der Waals surface area contributed by atoms with Crippen LogP contribution in [0.2, 0.25) is 25.7 Å². The number of nitrogens with zero attached hydrogens (tertiary/aromatic N) is 4. The van der Waals surface area contributed by atoms with Crippen LogP contribution in [0.25, 0.3) is 0 Å². The van der Waals surface area contributed by atoms with E-state index in [-0.39, 0.29) is 43.9 Å². The Kier molecular flexibility index (Phi) is 10.9. The fraction of sp³-hybridized carbons (Fsp3) is 0.629. The number of nitrogens with two attached hydrogens (primary N) is 2. The molecule has 1 spiro atoms. The van der Waals surface area contributed by atoms with E-state index in [9.17, 15) is 24.0 Å². The predicted molar refractivity (Wildman–Crippen MR) is 185 cm³/mol. The molecule has 2 saturated carbocycles. The molecule has 4 aliphatic rings. The van der Waals surface area contributed by atoms with Crippen LogP contribution in [0, 0.1) is 0 Å². The third-order valence-electron chi connectivity index (χ3n) is 10.4. The first kappa shape index (κ1) is 36.5. The molecule has 0 aromatic heterocycles. The lowest BCUT2D eigenvalue weighted by atomic mass is 9.73. The van der Waals surface area contributed by atoms with E-state index in [2.05, 4.69) is 19.6 Å². The van der Waals surface area contributed by atoms with Gasteiger partial charge < -0.3 is 25.8 Å². The summed E-state index contributed by atoms with van der Waals surface area (Å²) >= 11 is 0. The van der Waals surface area contributed by atoms with Crippen molar-refractivity contribution >= 4 is 37.9 Å². The van der Waals surface area contributed by atoms with Gasteiger partial charge in [0.2, 0.25) is 0 Å². The molecular weight excluding hydrogens is 645 g/mol. The lowest BCUT2D eigenvalue weighted by molar-refractivity contribution is -0.147. The number of imide groups is 3. The Balaban J connectivity index is 1.37. The highest BCUT2D eigenvalue weighted by Gasteiger charge is 2.62. The average Bonchev–Trinajstić information content (AvgIpc) is 3.24. The van der Waals surface area contributed by atoms with Crippen molar-refractivity contribution in [3.63, 3.8) is 0 Å². The Morgan fingerprint density at radius 3 is 2.16 bits per heavy atom. The zero-order chi connectivity index (χ0) is 35.6. The molecule has 4 N–H and O–H groups in total. The molecule has 13 nitrogen and oxygen atoms in total. The second-order valence-corrected chi connectivity index (χ2v) is 20.7. The van der Waals surface area contributed by atoms with E-state index < -0.39 is 48.9 Å². The smallest absolute Gasteiger partial charge is 0.334 e. The van der Waals surface area contributed by atoms with E-state index in [0.29, 0.717) is 51.6 Å². The van der Waals surface area contributed by atoms with Gasteiger partial charge in [-0.15, -0.1) is 0 Å². The number of amides is 7. The number of ether oxygens (including phenoxy) is 2. The molecule has 2 saturated heterocycles. The van der Waals surface area contributed by atoms with Gasteiger partial charge in [-0.05, 0) is 63.0 Å². The predicted octanol–water partition coefficient (Wildman–Crippen LogP) is 4.10. The van der Waals surface area contributed by atoms with Gasteiger partial charge in [-0.3, -0.25) is 24.2 Å². The van der Waals surface area contributed by atoms with Gasteiger partial charge in [0.15, 0.2) is 0 Å². The van der Waals surface area contributed by atoms with Gasteiger partial charge in [0, 0.05) is 27.3 Å². The molecule has 49 heavy (non-hydrogen) atoms. The van der Waals surface area contributed by atoms with Crippen LogP contribution in [-0.4, -0.2) is 101 Å². The number of hydrogen-bond donors (Lipinski definition) is 2. The summed E-state index contributed by atoms with van der Waals surface area (Å²) in [7, 11) is -1.35. The van der Waals surface area contributed by atoms with Crippen molar-refractivity contribution in [2.75, 3.05) is 26.4 Å². The third kappa shape index (κ3) is 7.41. The largest absolute Gasteiger partial charge is 0.385 e. The van der Waals surface area contributed by atoms with Gasteiger partial charge in [0.25, 0.3) is 17.7 Å². The van der Waals surface area contributed by atoms with E-state index in [0.717, 1.165) is 34.2 Å². The maximum absolute atomic E-state index is 14.0. The monoisotopic (exact) mass is 696 g/mol. The molecule has 1 aromatic rings. The van der Waals surface area contributed by atoms with Crippen LogP contribution in [0.5, 0.6) is 0 Å². The minimum absolute atomic E-state index is 0.0765. The summed E-state index contributed by atoms with van der Waals surface area (Å²) in [5.41, 5.74) is 10.4. The number of urea groups is 2. The van der Waals surface area contributed by atoms with Crippen molar-refractivity contribution in [3.05, 3.63) is 47.3 Å². The van der Waals surface area contributed by atoms with Gasteiger partial charge in [-0.1, -0.05) is 63.3 Å². The van der Waals surface area contributed by atoms with E-state index in [1.165, 1.54) is 4.90 Å². The molecule has 5 rings (SSSR count). The molecule has 0 bridgehead atoms. The van der Waals surface area contributed by atoms with Crippen molar-refractivity contribution in [2.24, 2.45) is 11.5 Å². The summed E-state index contributed by atoms with van der Waals surface area (Å²) in [4.78, 5) is 73.2. The summed E-state index contributed by atoms with van der Waals surface area (Å²) < 4.78 is 12.6. The Labute approximate surface area is 289 Å². The van der Waals surface area contributed by atoms with Crippen LogP contribution in [0.3, 0.4) is 0 Å². The van der Waals surface area contributed by atoms with Gasteiger partial charge in [0.05, 0.1) is 18.8 Å². The average molecular weight is 697 g/mol. The molecule has 2 aliphatic carbocycles. The highest BCUT2D eigenvalue weighted by atomic mass is 28.3. The SMILES string of the molecule is CCCCN1C(=O)C(=C(N)N)C(=O)N(C2CCC(CN3C(=O)N(COCC[Si](C)(C)C)C(=O)C34CCC4)(OCc3ccccc3)CC2)C1=O. The number of benzene rings is 1. The van der Waals surface area contributed by atoms with Crippen LogP contribution >= 0.6 is 0 Å². The molecule has 7 amide bonds. The summed E-state index contributed by atoms with van der Waals surface area (Å²) in [6, 6.07) is 9.07. The first-order chi connectivity index (χ1) is 23.2. The summed E-state index contributed by atoms with van der Waals surface area (Å²) in [5.74, 6) is -2.19. The highest BCUT2D eigenvalue weighted by Crippen LogP contribution is 2.47. The Hall–Kier alpha value is -3.75. The molecule has 0 unspecified atom stereocenters. The van der Waals surface area contributed by atoms with E-state index in [1.54, 1.807) is 4.90 Å². The fourth-order valence-corrected chi connectivity index (χ4v) is 7.97. The van der Waals surface area contributed by atoms with E-state index in [4.69, 9.17) is 20.9 Å². The minimum Gasteiger partial charge on any atom is -0.385 e. The molecule has 0 atom stereocenters. The molecule has 2 aliphatic heterocycles. The number of unbranched alkanes of at least 4 members (excludes halogenated alkanes) is 1. The number of carbonyl (C=O) groups excluding carboxylic acids is 5. The van der Waals surface area contributed by atoms with Crippen LogP contribution < -0.4 is 11.5 Å². The summed E-state index contributed by atoms with van der Waals surface area (Å²) in [6.45, 7) is 9.73. The zero-order valence-corrected chi connectivity index (χ0v) is 30.4. The van der Waals surface area contributed by atoms with Crippen molar-refractivity contribution < 1.29 is 33.4 Å². The normalized spacial score (nSPS) is 24.4. The van der Waals surface area contributed by atoms with Crippen molar-refractivity contribution in [1.29, 1.82) is 0 Å². The van der Waals surface area contributed by atoms with E-state index in [1.807, 2.05) is 37.3 Å². The number of hydrogen-bond acceptors (Lipinski definition) is 9. The van der Waals surface area contributed by atoms with Crippen molar-refractivity contribution in [3.8, 4) is 0 Å². The molecule has 4 fully saturated rings. The molecule has 0 radical (unpaired) electrons. The standard InChI is InChI=1S/C35H52N6O7Si/c1-5-6-19-38-29(42)27(28(36)37)30(43)41(33(38)46)26-13-17-34(18-14-26,48-22-25-11-8-7-9-12-25)23-40-32(45)39(24-47-20-21-49(2,3)4)31(44)35(40)15-10-16-35/h7-9,11-12,26H,5-6,10,13-24,36-37H2,1-4H3. The van der Waals surface area contributed by atoms with E-state index >= 15 is 0 Å². The first-order valence-electron chi connectivity index (χ1n) is 17.6. The van der Waals surface area contributed by atoms with Gasteiger partial charge in [-0.25, -0.2) is 14.5 Å². The fourth-order valence-electron chi connectivity index (χ4n) is 7.21. The van der Waals surface area contributed by atoms with Gasteiger partial charge in [-0.2, -0.15) is 0 Å². The maximum Gasteiger partial charge on any atom is 0.334 e. The lowest BCUT2D eigenvalue weighted by Crippen LogP contribution is -2.63. The molecule has 2 heterocycles. The Morgan fingerprint density at radius 2 is 1.59 bits per heavy atom. The van der Waals surface area contributed by atoms with Crippen molar-refractivity contribution in [1.82, 2.24) is 19.6 Å². The van der Waals surface area contributed by atoms with Crippen LogP contribution in [-0.2, 0) is 30.5 Å². The molecule has 1 aromatic carbocycles. The first-order valence-corrected chi connectivity index (χ1v) is 21.3.